The van der Waals surface area contributed by atoms with E-state index in [0.29, 0.717) is 0 Å². The summed E-state index contributed by atoms with van der Waals surface area (Å²) in [7, 11) is 0. The highest BCUT2D eigenvalue weighted by Crippen LogP contribution is 2.28. The molecule has 1 fully saturated rings. The van der Waals surface area contributed by atoms with Crippen molar-refractivity contribution in [2.45, 2.75) is 18.6 Å². The van der Waals surface area contributed by atoms with Gasteiger partial charge in [0, 0.05) is 31.2 Å². The van der Waals surface area contributed by atoms with E-state index in [2.05, 4.69) is 0 Å². The molecule has 7 heteroatoms. The van der Waals surface area contributed by atoms with Gasteiger partial charge in [0.2, 0.25) is 0 Å². The van der Waals surface area contributed by atoms with Crippen LogP contribution in [0.4, 0.5) is 8.78 Å². The molecule has 0 radical (unpaired) electrons. The number of phenolic OH excluding ortho intramolecular Hbond substituents is 1. The largest absolute Gasteiger partial charge is 0.507 e. The second-order valence-corrected chi connectivity index (χ2v) is 7.09. The summed E-state index contributed by atoms with van der Waals surface area (Å²) in [6.45, 7) is 0.248. The minimum atomic E-state index is -1.04. The molecule has 4 rings (SSSR count). The number of fused-ring (bicyclic) bond motifs is 1. The molecule has 2 atom stereocenters. The predicted octanol–water partition coefficient (Wildman–Crippen LogP) is 3.48. The van der Waals surface area contributed by atoms with Crippen LogP contribution in [0, 0.1) is 11.6 Å². The van der Waals surface area contributed by atoms with Gasteiger partial charge < -0.3 is 19.8 Å². The molecule has 0 saturated carbocycles. The van der Waals surface area contributed by atoms with Crippen LogP contribution in [0.5, 0.6) is 11.5 Å². The highest BCUT2D eigenvalue weighted by Gasteiger charge is 2.33. The first-order valence-electron chi connectivity index (χ1n) is 9.22. The molecule has 1 aliphatic rings. The van der Waals surface area contributed by atoms with Crippen LogP contribution >= 0.6 is 0 Å². The van der Waals surface area contributed by atoms with Gasteiger partial charge in [-0.25, -0.2) is 8.78 Å². The molecule has 1 aliphatic heterocycles. The van der Waals surface area contributed by atoms with Gasteiger partial charge >= 0.3 is 0 Å². The predicted molar refractivity (Wildman–Crippen MR) is 103 cm³/mol. The Bertz CT molecular complexity index is 1050. The van der Waals surface area contributed by atoms with Crippen molar-refractivity contribution in [3.63, 3.8) is 0 Å². The average Bonchev–Trinajstić information content (AvgIpc) is 2.67. The second-order valence-electron chi connectivity index (χ2n) is 7.09. The van der Waals surface area contributed by atoms with Crippen molar-refractivity contribution in [3.05, 3.63) is 71.8 Å². The summed E-state index contributed by atoms with van der Waals surface area (Å²) in [5, 5.41) is 22.3. The summed E-state index contributed by atoms with van der Waals surface area (Å²) in [6.07, 6.45) is -1.47. The summed E-state index contributed by atoms with van der Waals surface area (Å²) < 4.78 is 32.2. The Labute approximate surface area is 165 Å². The molecular formula is C22H19F2NO4. The lowest BCUT2D eigenvalue weighted by Crippen LogP contribution is -2.51. The first kappa shape index (κ1) is 19.1. The van der Waals surface area contributed by atoms with Gasteiger partial charge in [0.1, 0.15) is 35.3 Å². The SMILES string of the molecule is O=C(c1cc2ccccc2cc1O)N1CC[C@@H](Oc2cc(F)cc(F)c2)[C@H](O)C1. The van der Waals surface area contributed by atoms with Crippen molar-refractivity contribution in [1.29, 1.82) is 0 Å². The van der Waals surface area contributed by atoms with Crippen LogP contribution in [0.1, 0.15) is 16.8 Å². The number of piperidine rings is 1. The number of rotatable bonds is 3. The zero-order valence-electron chi connectivity index (χ0n) is 15.4. The smallest absolute Gasteiger partial charge is 0.257 e. The van der Waals surface area contributed by atoms with Gasteiger partial charge in [0.25, 0.3) is 5.91 Å². The van der Waals surface area contributed by atoms with Crippen molar-refractivity contribution in [1.82, 2.24) is 4.90 Å². The topological polar surface area (TPSA) is 70.0 Å². The number of carbonyl (C=O) groups excluding carboxylic acids is 1. The van der Waals surface area contributed by atoms with Gasteiger partial charge in [-0.3, -0.25) is 4.79 Å². The number of aromatic hydroxyl groups is 1. The van der Waals surface area contributed by atoms with Gasteiger partial charge in [-0.05, 0) is 22.9 Å². The highest BCUT2D eigenvalue weighted by molar-refractivity contribution is 6.01. The summed E-state index contributed by atoms with van der Waals surface area (Å²) in [6, 6.07) is 13.3. The molecule has 1 heterocycles. The van der Waals surface area contributed by atoms with Crippen molar-refractivity contribution in [3.8, 4) is 11.5 Å². The lowest BCUT2D eigenvalue weighted by Gasteiger charge is -2.36. The lowest BCUT2D eigenvalue weighted by atomic mass is 10.0. The molecule has 1 amide bonds. The first-order chi connectivity index (χ1) is 13.9. The molecule has 0 unspecified atom stereocenters. The average molecular weight is 399 g/mol. The number of nitrogens with zero attached hydrogens (tertiary/aromatic N) is 1. The quantitative estimate of drug-likeness (QED) is 0.708. The van der Waals surface area contributed by atoms with E-state index < -0.39 is 29.7 Å². The third-order valence-electron chi connectivity index (χ3n) is 5.03. The zero-order valence-corrected chi connectivity index (χ0v) is 15.4. The molecule has 29 heavy (non-hydrogen) atoms. The van der Waals surface area contributed by atoms with E-state index in [0.717, 1.165) is 29.0 Å². The first-order valence-corrected chi connectivity index (χ1v) is 9.22. The summed E-state index contributed by atoms with van der Waals surface area (Å²) in [5.41, 5.74) is 0.155. The maximum absolute atomic E-state index is 13.3. The second kappa shape index (κ2) is 7.67. The fraction of sp³-hybridized carbons (Fsp3) is 0.227. The van der Waals surface area contributed by atoms with Gasteiger partial charge in [-0.2, -0.15) is 0 Å². The van der Waals surface area contributed by atoms with Gasteiger partial charge in [0.05, 0.1) is 12.1 Å². The Balaban J connectivity index is 1.48. The number of hydrogen-bond acceptors (Lipinski definition) is 4. The standard InChI is InChI=1S/C22H19F2NO4/c23-15-9-16(24)11-17(10-15)29-21-5-6-25(12-20(21)27)22(28)18-7-13-3-1-2-4-14(13)8-19(18)26/h1-4,7-11,20-21,26-27H,5-6,12H2/t20-,21-/m1/s1. The van der Waals surface area contributed by atoms with Crippen LogP contribution in [-0.4, -0.2) is 46.3 Å². The molecule has 0 bridgehead atoms. The zero-order chi connectivity index (χ0) is 20.5. The minimum Gasteiger partial charge on any atom is -0.507 e. The van der Waals surface area contributed by atoms with Gasteiger partial charge in [-0.1, -0.05) is 24.3 Å². The number of β-amino-alcohol motifs (C(OH)–C–C–N with tert-alkyl or cyclic N) is 1. The molecule has 3 aromatic carbocycles. The van der Waals surface area contributed by atoms with Crippen LogP contribution in [0.2, 0.25) is 0 Å². The third kappa shape index (κ3) is 4.00. The Kier molecular flexibility index (Phi) is 5.07. The van der Waals surface area contributed by atoms with E-state index in [1.807, 2.05) is 24.3 Å². The van der Waals surface area contributed by atoms with Crippen molar-refractivity contribution < 1.29 is 28.5 Å². The molecular weight excluding hydrogens is 380 g/mol. The maximum atomic E-state index is 13.3. The maximum Gasteiger partial charge on any atom is 0.257 e. The van der Waals surface area contributed by atoms with Crippen LogP contribution < -0.4 is 4.74 Å². The molecule has 0 aromatic heterocycles. The van der Waals surface area contributed by atoms with Gasteiger partial charge in [-0.15, -0.1) is 0 Å². The van der Waals surface area contributed by atoms with Crippen LogP contribution in [-0.2, 0) is 0 Å². The van der Waals surface area contributed by atoms with E-state index in [1.165, 1.54) is 11.0 Å². The number of likely N-dealkylation sites (tertiary alicyclic amines) is 1. The van der Waals surface area contributed by atoms with E-state index in [9.17, 15) is 23.8 Å². The minimum absolute atomic E-state index is 0.0153. The number of hydrogen-bond donors (Lipinski definition) is 2. The number of benzene rings is 3. The fourth-order valence-corrected chi connectivity index (χ4v) is 3.57. The number of aliphatic hydroxyl groups is 1. The van der Waals surface area contributed by atoms with Crippen molar-refractivity contribution >= 4 is 16.7 Å². The third-order valence-corrected chi connectivity index (χ3v) is 5.03. The van der Waals surface area contributed by atoms with E-state index in [4.69, 9.17) is 4.74 Å². The Morgan fingerprint density at radius 2 is 1.69 bits per heavy atom. The molecule has 3 aromatic rings. The number of halogens is 2. The van der Waals surface area contributed by atoms with E-state index >= 15 is 0 Å². The van der Waals surface area contributed by atoms with Crippen LogP contribution in [0.25, 0.3) is 10.8 Å². The monoisotopic (exact) mass is 399 g/mol. The van der Waals surface area contributed by atoms with Crippen molar-refractivity contribution in [2.24, 2.45) is 0 Å². The van der Waals surface area contributed by atoms with E-state index in [1.54, 1.807) is 6.07 Å². The fourth-order valence-electron chi connectivity index (χ4n) is 3.57. The number of aliphatic hydroxyl groups excluding tert-OH is 1. The van der Waals surface area contributed by atoms with E-state index in [-0.39, 0.29) is 36.6 Å². The molecule has 0 aliphatic carbocycles. The summed E-state index contributed by atoms with van der Waals surface area (Å²) in [5.74, 6) is -2.08. The van der Waals surface area contributed by atoms with Crippen LogP contribution in [0.3, 0.4) is 0 Å². The summed E-state index contributed by atoms with van der Waals surface area (Å²) in [4.78, 5) is 14.3. The van der Waals surface area contributed by atoms with Gasteiger partial charge in [0.15, 0.2) is 0 Å². The number of ether oxygens (including phenoxy) is 1. The normalized spacial score (nSPS) is 19.3. The molecule has 150 valence electrons. The van der Waals surface area contributed by atoms with Crippen LogP contribution in [0.15, 0.2) is 54.6 Å². The number of amides is 1. The molecule has 1 saturated heterocycles. The highest BCUT2D eigenvalue weighted by atomic mass is 19.1. The lowest BCUT2D eigenvalue weighted by molar-refractivity contribution is -0.0201. The Morgan fingerprint density at radius 1 is 1.03 bits per heavy atom. The number of carbonyl (C=O) groups is 1. The van der Waals surface area contributed by atoms with Crippen molar-refractivity contribution in [2.75, 3.05) is 13.1 Å². The molecule has 5 nitrogen and oxygen atoms in total. The molecule has 0 spiro atoms. The number of phenols is 1. The molecule has 2 N–H and O–H groups in total. The Morgan fingerprint density at radius 3 is 2.34 bits per heavy atom. The summed E-state index contributed by atoms with van der Waals surface area (Å²) >= 11 is 0. The Hall–Kier alpha value is -3.19.